The SMILES string of the molecule is Cc1cn(-c2cccc3[nH]c(-c4n[nH]c5cnc(-c6cncc(N7CC(N)C7)n6)cc45)nc23)cn1. The zero-order valence-corrected chi connectivity index (χ0v) is 18.8. The zero-order valence-electron chi connectivity index (χ0n) is 18.8. The van der Waals surface area contributed by atoms with Gasteiger partial charge in [0.25, 0.3) is 0 Å². The quantitative estimate of drug-likeness (QED) is 0.362. The number of nitrogens with two attached hydrogens (primary N) is 1. The Morgan fingerprint density at radius 3 is 2.77 bits per heavy atom. The van der Waals surface area contributed by atoms with Crippen molar-refractivity contribution in [3.05, 3.63) is 61.1 Å². The third-order valence-electron chi connectivity index (χ3n) is 6.27. The number of aromatic nitrogens is 9. The molecule has 5 aromatic heterocycles. The normalized spacial score (nSPS) is 14.2. The molecule has 6 aromatic rings. The Labute approximate surface area is 199 Å². The number of hydrogen-bond acceptors (Lipinski definition) is 8. The third-order valence-corrected chi connectivity index (χ3v) is 6.27. The van der Waals surface area contributed by atoms with Gasteiger partial charge in [0.2, 0.25) is 0 Å². The number of H-pyrrole nitrogens is 2. The molecular weight excluding hydrogens is 442 g/mol. The number of para-hydroxylation sites is 1. The van der Waals surface area contributed by atoms with Gasteiger partial charge in [-0.3, -0.25) is 15.1 Å². The van der Waals surface area contributed by atoms with Crippen LogP contribution in [0.2, 0.25) is 0 Å². The molecule has 1 aliphatic heterocycles. The lowest BCUT2D eigenvalue weighted by atomic mass is 10.1. The number of rotatable bonds is 4. The summed E-state index contributed by atoms with van der Waals surface area (Å²) in [5.41, 5.74) is 12.5. The number of benzene rings is 1. The molecule has 11 nitrogen and oxygen atoms in total. The predicted molar refractivity (Wildman–Crippen MR) is 132 cm³/mol. The molecule has 0 saturated carbocycles. The molecule has 4 N–H and O–H groups in total. The second-order valence-electron chi connectivity index (χ2n) is 8.80. The lowest BCUT2D eigenvalue weighted by Gasteiger charge is -2.37. The first-order valence-corrected chi connectivity index (χ1v) is 11.3. The van der Waals surface area contributed by atoms with Crippen LogP contribution in [0.4, 0.5) is 5.82 Å². The van der Waals surface area contributed by atoms with Crippen molar-refractivity contribution in [3.8, 4) is 28.6 Å². The number of pyridine rings is 1. The largest absolute Gasteiger partial charge is 0.352 e. The average molecular weight is 464 g/mol. The Morgan fingerprint density at radius 2 is 1.94 bits per heavy atom. The van der Waals surface area contributed by atoms with Crippen molar-refractivity contribution in [1.82, 2.24) is 44.7 Å². The first-order chi connectivity index (χ1) is 17.1. The summed E-state index contributed by atoms with van der Waals surface area (Å²) in [6.45, 7) is 3.53. The van der Waals surface area contributed by atoms with Crippen molar-refractivity contribution in [3.63, 3.8) is 0 Å². The van der Waals surface area contributed by atoms with Gasteiger partial charge in [-0.15, -0.1) is 0 Å². The van der Waals surface area contributed by atoms with E-state index in [0.717, 1.165) is 52.2 Å². The van der Waals surface area contributed by atoms with Crippen LogP contribution in [0.3, 0.4) is 0 Å². The lowest BCUT2D eigenvalue weighted by Crippen LogP contribution is -2.56. The van der Waals surface area contributed by atoms with E-state index in [2.05, 4.69) is 35.0 Å². The standard InChI is InChI=1S/C24H21N11/c1-13-9-35(12-28-13)20-4-2-3-16-23(20)31-24(30-16)22-15-5-17(27-7-18(15)32-33-22)19-6-26-8-21(29-19)34-10-14(25)11-34/h2-9,12,14H,10-11,25H2,1H3,(H,30,31)(H,32,33). The predicted octanol–water partition coefficient (Wildman–Crippen LogP) is 2.60. The Kier molecular flexibility index (Phi) is 4.20. The molecule has 1 fully saturated rings. The van der Waals surface area contributed by atoms with Crippen molar-refractivity contribution in [2.24, 2.45) is 5.73 Å². The molecular formula is C24H21N11. The summed E-state index contributed by atoms with van der Waals surface area (Å²) in [7, 11) is 0. The smallest absolute Gasteiger partial charge is 0.159 e. The van der Waals surface area contributed by atoms with E-state index in [1.807, 2.05) is 42.0 Å². The van der Waals surface area contributed by atoms with E-state index in [1.165, 1.54) is 0 Å². The van der Waals surface area contributed by atoms with Crippen molar-refractivity contribution in [2.75, 3.05) is 18.0 Å². The number of nitrogens with one attached hydrogen (secondary N) is 2. The van der Waals surface area contributed by atoms with E-state index in [9.17, 15) is 0 Å². The zero-order chi connectivity index (χ0) is 23.5. The molecule has 11 heteroatoms. The summed E-state index contributed by atoms with van der Waals surface area (Å²) < 4.78 is 1.98. The van der Waals surface area contributed by atoms with Gasteiger partial charge in [-0.25, -0.2) is 15.0 Å². The maximum atomic E-state index is 5.92. The van der Waals surface area contributed by atoms with Crippen LogP contribution in [-0.2, 0) is 0 Å². The maximum Gasteiger partial charge on any atom is 0.159 e. The van der Waals surface area contributed by atoms with Gasteiger partial charge in [-0.2, -0.15) is 5.10 Å². The van der Waals surface area contributed by atoms with E-state index in [0.29, 0.717) is 22.9 Å². The molecule has 7 rings (SSSR count). The van der Waals surface area contributed by atoms with Crippen molar-refractivity contribution >= 4 is 27.8 Å². The van der Waals surface area contributed by atoms with Gasteiger partial charge in [0.1, 0.15) is 22.7 Å². The molecule has 0 aliphatic carbocycles. The number of aryl methyl sites for hydroxylation is 1. The minimum atomic E-state index is 0.186. The van der Waals surface area contributed by atoms with Crippen molar-refractivity contribution in [2.45, 2.75) is 13.0 Å². The molecule has 0 bridgehead atoms. The van der Waals surface area contributed by atoms with Gasteiger partial charge < -0.3 is 20.2 Å². The fourth-order valence-corrected chi connectivity index (χ4v) is 4.46. The molecule has 1 aromatic carbocycles. The Bertz CT molecular complexity index is 1700. The van der Waals surface area contributed by atoms with Gasteiger partial charge in [-0.1, -0.05) is 6.07 Å². The van der Waals surface area contributed by atoms with Gasteiger partial charge >= 0.3 is 0 Å². The van der Waals surface area contributed by atoms with Crippen LogP contribution in [0.15, 0.2) is 55.4 Å². The van der Waals surface area contributed by atoms with Gasteiger partial charge in [0.05, 0.1) is 53.0 Å². The van der Waals surface area contributed by atoms with E-state index in [4.69, 9.17) is 15.7 Å². The minimum Gasteiger partial charge on any atom is -0.352 e. The number of fused-ring (bicyclic) bond motifs is 2. The average Bonchev–Trinajstić information content (AvgIpc) is 3.59. The van der Waals surface area contributed by atoms with Gasteiger partial charge in [-0.05, 0) is 25.1 Å². The molecule has 0 radical (unpaired) electrons. The van der Waals surface area contributed by atoms with Crippen LogP contribution in [0.25, 0.3) is 50.5 Å². The van der Waals surface area contributed by atoms with Gasteiger partial charge in [0, 0.05) is 30.7 Å². The van der Waals surface area contributed by atoms with E-state index < -0.39 is 0 Å². The topological polar surface area (TPSA) is 143 Å². The molecule has 0 amide bonds. The van der Waals surface area contributed by atoms with E-state index in [1.54, 1.807) is 24.9 Å². The van der Waals surface area contributed by atoms with Gasteiger partial charge in [0.15, 0.2) is 5.82 Å². The Hall–Kier alpha value is -4.64. The summed E-state index contributed by atoms with van der Waals surface area (Å²) in [6, 6.07) is 8.18. The third kappa shape index (κ3) is 3.24. The first-order valence-electron chi connectivity index (χ1n) is 11.3. The lowest BCUT2D eigenvalue weighted by molar-refractivity contribution is 0.514. The summed E-state index contributed by atoms with van der Waals surface area (Å²) in [5.74, 6) is 1.47. The summed E-state index contributed by atoms with van der Waals surface area (Å²) in [6.07, 6.45) is 9.01. The number of nitrogens with zero attached hydrogens (tertiary/aromatic N) is 8. The Morgan fingerprint density at radius 1 is 1.03 bits per heavy atom. The van der Waals surface area contributed by atoms with Crippen molar-refractivity contribution < 1.29 is 0 Å². The molecule has 0 atom stereocenters. The summed E-state index contributed by atoms with van der Waals surface area (Å²) in [5, 5.41) is 8.50. The molecule has 0 spiro atoms. The molecule has 172 valence electrons. The maximum absolute atomic E-state index is 5.92. The molecule has 0 unspecified atom stereocenters. The highest BCUT2D eigenvalue weighted by Gasteiger charge is 2.25. The van der Waals surface area contributed by atoms with Crippen LogP contribution in [0.1, 0.15) is 5.69 Å². The Balaban J connectivity index is 1.31. The fourth-order valence-electron chi connectivity index (χ4n) is 4.46. The highest BCUT2D eigenvalue weighted by Crippen LogP contribution is 2.30. The van der Waals surface area contributed by atoms with E-state index >= 15 is 0 Å². The fraction of sp³-hybridized carbons (Fsp3) is 0.167. The summed E-state index contributed by atoms with van der Waals surface area (Å²) in [4.78, 5) is 28.5. The molecule has 35 heavy (non-hydrogen) atoms. The van der Waals surface area contributed by atoms with Crippen LogP contribution >= 0.6 is 0 Å². The number of anilines is 1. The molecule has 6 heterocycles. The number of aromatic amines is 2. The van der Waals surface area contributed by atoms with Crippen molar-refractivity contribution in [1.29, 1.82) is 0 Å². The highest BCUT2D eigenvalue weighted by molar-refractivity contribution is 5.95. The number of imidazole rings is 2. The monoisotopic (exact) mass is 463 g/mol. The van der Waals surface area contributed by atoms with Crippen LogP contribution in [0.5, 0.6) is 0 Å². The van der Waals surface area contributed by atoms with Crippen LogP contribution < -0.4 is 10.6 Å². The second kappa shape index (κ2) is 7.43. The first kappa shape index (κ1) is 19.8. The highest BCUT2D eigenvalue weighted by atomic mass is 15.3. The number of hydrogen-bond donors (Lipinski definition) is 3. The summed E-state index contributed by atoms with van der Waals surface area (Å²) >= 11 is 0. The van der Waals surface area contributed by atoms with Crippen LogP contribution in [0, 0.1) is 6.92 Å². The molecule has 1 saturated heterocycles. The minimum absolute atomic E-state index is 0.186. The van der Waals surface area contributed by atoms with E-state index in [-0.39, 0.29) is 6.04 Å². The van der Waals surface area contributed by atoms with Crippen LogP contribution in [-0.4, -0.2) is 63.8 Å². The molecule has 1 aliphatic rings. The second-order valence-corrected chi connectivity index (χ2v) is 8.80.